The second-order valence-corrected chi connectivity index (χ2v) is 4.05. The van der Waals surface area contributed by atoms with Crippen molar-refractivity contribution in [3.8, 4) is 11.8 Å². The second kappa shape index (κ2) is 5.33. The zero-order valence-corrected chi connectivity index (χ0v) is 9.92. The molecule has 1 heterocycles. The van der Waals surface area contributed by atoms with Gasteiger partial charge in [-0.2, -0.15) is 5.26 Å². The summed E-state index contributed by atoms with van der Waals surface area (Å²) in [6, 6.07) is 5.94. The summed E-state index contributed by atoms with van der Waals surface area (Å²) < 4.78 is 40.7. The lowest BCUT2D eigenvalue weighted by Crippen LogP contribution is -2.20. The molecule has 2 rings (SSSR count). The standard InChI is InChI=1S/C13H11F3N2O/c14-13(15,16)19-12-7-10(1-2-11(12)8-17)9-3-5-18-6-4-9/h1-3,7,18H,4-6H2. The van der Waals surface area contributed by atoms with Gasteiger partial charge in [0.1, 0.15) is 11.8 Å². The summed E-state index contributed by atoms with van der Waals surface area (Å²) in [6.07, 6.45) is -2.15. The molecule has 0 aliphatic carbocycles. The molecule has 0 spiro atoms. The molecular weight excluding hydrogens is 257 g/mol. The van der Waals surface area contributed by atoms with Crippen LogP contribution in [0.3, 0.4) is 0 Å². The summed E-state index contributed by atoms with van der Waals surface area (Å²) in [4.78, 5) is 0. The van der Waals surface area contributed by atoms with E-state index in [1.807, 2.05) is 6.08 Å². The average molecular weight is 268 g/mol. The van der Waals surface area contributed by atoms with Crippen LogP contribution in [-0.4, -0.2) is 19.5 Å². The van der Waals surface area contributed by atoms with Gasteiger partial charge in [0.15, 0.2) is 0 Å². The number of halogens is 3. The van der Waals surface area contributed by atoms with Crippen molar-refractivity contribution in [1.29, 1.82) is 5.26 Å². The van der Waals surface area contributed by atoms with Crippen LogP contribution in [0.4, 0.5) is 13.2 Å². The highest BCUT2D eigenvalue weighted by Crippen LogP contribution is 2.30. The fourth-order valence-electron chi connectivity index (χ4n) is 1.91. The molecule has 19 heavy (non-hydrogen) atoms. The molecule has 0 saturated heterocycles. The molecule has 100 valence electrons. The first-order valence-electron chi connectivity index (χ1n) is 5.69. The predicted molar refractivity (Wildman–Crippen MR) is 63.3 cm³/mol. The van der Waals surface area contributed by atoms with Crippen molar-refractivity contribution in [3.63, 3.8) is 0 Å². The molecule has 0 fully saturated rings. The van der Waals surface area contributed by atoms with Crippen LogP contribution in [0.1, 0.15) is 17.5 Å². The molecule has 0 amide bonds. The summed E-state index contributed by atoms with van der Waals surface area (Å²) in [5.74, 6) is -0.452. The van der Waals surface area contributed by atoms with Crippen molar-refractivity contribution in [2.24, 2.45) is 0 Å². The fourth-order valence-corrected chi connectivity index (χ4v) is 1.91. The van der Waals surface area contributed by atoms with E-state index in [9.17, 15) is 13.2 Å². The van der Waals surface area contributed by atoms with E-state index in [4.69, 9.17) is 5.26 Å². The third-order valence-corrected chi connectivity index (χ3v) is 2.76. The number of rotatable bonds is 2. The minimum atomic E-state index is -4.80. The fraction of sp³-hybridized carbons (Fsp3) is 0.308. The number of ether oxygens (including phenoxy) is 1. The van der Waals surface area contributed by atoms with E-state index in [0.29, 0.717) is 12.1 Å². The molecule has 3 nitrogen and oxygen atoms in total. The van der Waals surface area contributed by atoms with E-state index in [1.54, 1.807) is 12.1 Å². The molecular formula is C13H11F3N2O. The Morgan fingerprint density at radius 2 is 2.11 bits per heavy atom. The molecule has 1 aromatic rings. The summed E-state index contributed by atoms with van der Waals surface area (Å²) in [5, 5.41) is 11.9. The average Bonchev–Trinajstić information content (AvgIpc) is 2.38. The lowest BCUT2D eigenvalue weighted by Gasteiger charge is -2.16. The first-order chi connectivity index (χ1) is 8.99. The normalized spacial score (nSPS) is 15.6. The number of nitriles is 1. The maximum Gasteiger partial charge on any atom is 0.573 e. The van der Waals surface area contributed by atoms with Crippen LogP contribution >= 0.6 is 0 Å². The summed E-state index contributed by atoms with van der Waals surface area (Å²) in [5.41, 5.74) is 1.48. The van der Waals surface area contributed by atoms with Gasteiger partial charge in [-0.15, -0.1) is 13.2 Å². The Balaban J connectivity index is 2.35. The van der Waals surface area contributed by atoms with E-state index in [0.717, 1.165) is 18.5 Å². The molecule has 1 aliphatic heterocycles. The smallest absolute Gasteiger partial charge is 0.404 e. The van der Waals surface area contributed by atoms with Gasteiger partial charge in [0.05, 0.1) is 5.56 Å². The number of hydrogen-bond acceptors (Lipinski definition) is 3. The Morgan fingerprint density at radius 1 is 1.32 bits per heavy atom. The lowest BCUT2D eigenvalue weighted by atomic mass is 9.99. The Kier molecular flexibility index (Phi) is 3.76. The van der Waals surface area contributed by atoms with Gasteiger partial charge >= 0.3 is 6.36 Å². The molecule has 0 saturated carbocycles. The molecule has 6 heteroatoms. The number of nitrogens with zero attached hydrogens (tertiary/aromatic N) is 1. The third kappa shape index (κ3) is 3.48. The second-order valence-electron chi connectivity index (χ2n) is 4.05. The van der Waals surface area contributed by atoms with Gasteiger partial charge in [0.2, 0.25) is 0 Å². The molecule has 1 aromatic carbocycles. The van der Waals surface area contributed by atoms with Crippen LogP contribution in [-0.2, 0) is 0 Å². The van der Waals surface area contributed by atoms with Gasteiger partial charge in [-0.25, -0.2) is 0 Å². The third-order valence-electron chi connectivity index (χ3n) is 2.76. The van der Waals surface area contributed by atoms with E-state index >= 15 is 0 Å². The van der Waals surface area contributed by atoms with Crippen LogP contribution in [0, 0.1) is 11.3 Å². The summed E-state index contributed by atoms with van der Waals surface area (Å²) in [6.45, 7) is 1.46. The van der Waals surface area contributed by atoms with Crippen molar-refractivity contribution in [2.75, 3.05) is 13.1 Å². The van der Waals surface area contributed by atoms with Crippen LogP contribution in [0.2, 0.25) is 0 Å². The summed E-state index contributed by atoms with van der Waals surface area (Å²) in [7, 11) is 0. The number of nitrogens with one attached hydrogen (secondary N) is 1. The monoisotopic (exact) mass is 268 g/mol. The Hall–Kier alpha value is -2.00. The van der Waals surface area contributed by atoms with Gasteiger partial charge in [0.25, 0.3) is 0 Å². The van der Waals surface area contributed by atoms with Gasteiger partial charge < -0.3 is 10.1 Å². The maximum absolute atomic E-state index is 12.3. The van der Waals surface area contributed by atoms with Gasteiger partial charge in [0, 0.05) is 6.54 Å². The minimum absolute atomic E-state index is 0.129. The molecule has 0 atom stereocenters. The van der Waals surface area contributed by atoms with Crippen LogP contribution in [0.5, 0.6) is 5.75 Å². The summed E-state index contributed by atoms with van der Waals surface area (Å²) >= 11 is 0. The number of hydrogen-bond donors (Lipinski definition) is 1. The Bertz CT molecular complexity index is 544. The van der Waals surface area contributed by atoms with Crippen molar-refractivity contribution >= 4 is 5.57 Å². The molecule has 0 aromatic heterocycles. The van der Waals surface area contributed by atoms with E-state index in [1.165, 1.54) is 12.1 Å². The zero-order valence-electron chi connectivity index (χ0n) is 9.92. The first-order valence-corrected chi connectivity index (χ1v) is 5.69. The number of benzene rings is 1. The Labute approximate surface area is 108 Å². The highest BCUT2D eigenvalue weighted by Gasteiger charge is 2.32. The van der Waals surface area contributed by atoms with Crippen LogP contribution in [0.25, 0.3) is 5.57 Å². The largest absolute Gasteiger partial charge is 0.573 e. The highest BCUT2D eigenvalue weighted by atomic mass is 19.4. The quantitative estimate of drug-likeness (QED) is 0.897. The van der Waals surface area contributed by atoms with Crippen molar-refractivity contribution in [3.05, 3.63) is 35.4 Å². The molecule has 1 aliphatic rings. The van der Waals surface area contributed by atoms with Gasteiger partial charge in [-0.3, -0.25) is 0 Å². The molecule has 0 bridgehead atoms. The highest BCUT2D eigenvalue weighted by molar-refractivity contribution is 5.69. The zero-order chi connectivity index (χ0) is 13.9. The van der Waals surface area contributed by atoms with Crippen molar-refractivity contribution in [2.45, 2.75) is 12.8 Å². The van der Waals surface area contributed by atoms with Crippen molar-refractivity contribution < 1.29 is 17.9 Å². The van der Waals surface area contributed by atoms with Crippen LogP contribution < -0.4 is 10.1 Å². The lowest BCUT2D eigenvalue weighted by molar-refractivity contribution is -0.274. The van der Waals surface area contributed by atoms with Crippen LogP contribution in [0.15, 0.2) is 24.3 Å². The number of alkyl halides is 3. The topological polar surface area (TPSA) is 45.0 Å². The SMILES string of the molecule is N#Cc1ccc(C2=CCNCC2)cc1OC(F)(F)F. The first kappa shape index (κ1) is 13.4. The van der Waals surface area contributed by atoms with E-state index < -0.39 is 12.1 Å². The van der Waals surface area contributed by atoms with E-state index in [2.05, 4.69) is 10.1 Å². The molecule has 1 N–H and O–H groups in total. The predicted octanol–water partition coefficient (Wildman–Crippen LogP) is 2.83. The minimum Gasteiger partial charge on any atom is -0.404 e. The van der Waals surface area contributed by atoms with Crippen molar-refractivity contribution in [1.82, 2.24) is 5.32 Å². The molecule has 0 radical (unpaired) electrons. The Morgan fingerprint density at radius 3 is 2.68 bits per heavy atom. The van der Waals surface area contributed by atoms with E-state index in [-0.39, 0.29) is 5.56 Å². The van der Waals surface area contributed by atoms with Gasteiger partial charge in [-0.05, 0) is 36.2 Å². The van der Waals surface area contributed by atoms with Gasteiger partial charge in [-0.1, -0.05) is 12.1 Å². The molecule has 0 unspecified atom stereocenters. The maximum atomic E-state index is 12.3.